The second-order valence-electron chi connectivity index (χ2n) is 8.11. The summed E-state index contributed by atoms with van der Waals surface area (Å²) in [5.74, 6) is 0.943. The number of fused-ring (bicyclic) bond motifs is 1. The topological polar surface area (TPSA) is 82.5 Å². The Morgan fingerprint density at radius 2 is 1.80 bits per heavy atom. The molecule has 7 nitrogen and oxygen atoms in total. The smallest absolute Gasteiger partial charge is 0.229 e. The predicted molar refractivity (Wildman–Crippen MR) is 117 cm³/mol. The molecule has 0 saturated carbocycles. The molecule has 0 aliphatic carbocycles. The van der Waals surface area contributed by atoms with Gasteiger partial charge in [-0.25, -0.2) is 15.0 Å². The third-order valence-electron chi connectivity index (χ3n) is 6.18. The van der Waals surface area contributed by atoms with Crippen LogP contribution in [0.5, 0.6) is 0 Å². The highest BCUT2D eigenvalue weighted by molar-refractivity contribution is 7.18. The molecular weight excluding hydrogens is 398 g/mol. The molecule has 8 heteroatoms. The van der Waals surface area contributed by atoms with Crippen molar-refractivity contribution >= 4 is 33.4 Å². The normalized spacial score (nSPS) is 18.8. The number of thiazole rings is 1. The third kappa shape index (κ3) is 3.65. The molecule has 0 unspecified atom stereocenters. The number of carbonyl (C=O) groups excluding carboxylic acids is 1. The van der Waals surface area contributed by atoms with Crippen molar-refractivity contribution in [3.05, 3.63) is 47.2 Å². The molecule has 2 fully saturated rings. The van der Waals surface area contributed by atoms with E-state index in [2.05, 4.69) is 14.9 Å². The molecule has 0 atom stereocenters. The van der Waals surface area contributed by atoms with Gasteiger partial charge >= 0.3 is 0 Å². The number of aromatic nitrogens is 3. The van der Waals surface area contributed by atoms with Gasteiger partial charge in [-0.2, -0.15) is 0 Å². The summed E-state index contributed by atoms with van der Waals surface area (Å²) in [6, 6.07) is 9.88. The van der Waals surface area contributed by atoms with Crippen molar-refractivity contribution in [2.75, 3.05) is 31.1 Å². The van der Waals surface area contributed by atoms with E-state index in [9.17, 15) is 9.90 Å². The molecule has 1 N–H and O–H groups in total. The Hall–Kier alpha value is -2.58. The fourth-order valence-electron chi connectivity index (χ4n) is 4.43. The fourth-order valence-corrected chi connectivity index (χ4v) is 5.32. The molecule has 3 aromatic rings. The highest BCUT2D eigenvalue weighted by Crippen LogP contribution is 2.36. The maximum atomic E-state index is 12.5. The van der Waals surface area contributed by atoms with Crippen LogP contribution in [-0.2, 0) is 16.8 Å². The number of benzene rings is 1. The molecule has 0 bridgehead atoms. The van der Waals surface area contributed by atoms with Crippen LogP contribution in [0.1, 0.15) is 36.3 Å². The van der Waals surface area contributed by atoms with E-state index in [-0.39, 0.29) is 5.91 Å². The van der Waals surface area contributed by atoms with Gasteiger partial charge in [-0.1, -0.05) is 41.7 Å². The summed E-state index contributed by atoms with van der Waals surface area (Å²) in [6.07, 6.45) is 5.34. The Kier molecular flexibility index (Phi) is 5.12. The van der Waals surface area contributed by atoms with E-state index in [1.54, 1.807) is 6.33 Å². The van der Waals surface area contributed by atoms with Gasteiger partial charge < -0.3 is 14.9 Å². The van der Waals surface area contributed by atoms with Gasteiger partial charge in [-0.05, 0) is 31.2 Å². The largest absolute Gasteiger partial charge is 0.385 e. The van der Waals surface area contributed by atoms with E-state index < -0.39 is 5.60 Å². The Bertz CT molecular complexity index is 1040. The number of carbonyl (C=O) groups is 1. The van der Waals surface area contributed by atoms with Crippen LogP contribution < -0.4 is 4.90 Å². The zero-order valence-corrected chi connectivity index (χ0v) is 17.6. The molecule has 1 amide bonds. The highest BCUT2D eigenvalue weighted by atomic mass is 32.1. The van der Waals surface area contributed by atoms with Crippen molar-refractivity contribution in [3.8, 4) is 0 Å². The van der Waals surface area contributed by atoms with E-state index in [1.807, 2.05) is 35.2 Å². The van der Waals surface area contributed by atoms with Gasteiger partial charge in [0.15, 0.2) is 5.82 Å². The quantitative estimate of drug-likeness (QED) is 0.695. The van der Waals surface area contributed by atoms with Crippen LogP contribution in [0.4, 0.5) is 5.82 Å². The molecule has 0 spiro atoms. The second kappa shape index (κ2) is 7.92. The minimum atomic E-state index is -0.806. The molecule has 30 heavy (non-hydrogen) atoms. The van der Waals surface area contributed by atoms with E-state index in [0.717, 1.165) is 52.7 Å². The Labute approximate surface area is 179 Å². The van der Waals surface area contributed by atoms with Crippen molar-refractivity contribution in [2.45, 2.75) is 37.7 Å². The minimum absolute atomic E-state index is 0.145. The Balaban J connectivity index is 1.34. The molecule has 2 aliphatic rings. The first-order valence-electron chi connectivity index (χ1n) is 10.5. The molecule has 156 valence electrons. The van der Waals surface area contributed by atoms with Gasteiger partial charge in [-0.15, -0.1) is 0 Å². The summed E-state index contributed by atoms with van der Waals surface area (Å²) >= 11 is 1.47. The average molecular weight is 424 g/mol. The van der Waals surface area contributed by atoms with E-state index in [1.165, 1.54) is 11.3 Å². The molecule has 0 radical (unpaired) electrons. The van der Waals surface area contributed by atoms with Crippen LogP contribution in [0.2, 0.25) is 0 Å². The number of likely N-dealkylation sites (tertiary alicyclic amines) is 1. The monoisotopic (exact) mass is 423 g/mol. The fraction of sp³-hybridized carbons (Fsp3) is 0.455. The lowest BCUT2D eigenvalue weighted by Gasteiger charge is -2.39. The number of hydrogen-bond donors (Lipinski definition) is 1. The lowest BCUT2D eigenvalue weighted by Crippen LogP contribution is -2.43. The van der Waals surface area contributed by atoms with E-state index >= 15 is 0 Å². The van der Waals surface area contributed by atoms with E-state index in [0.29, 0.717) is 32.4 Å². The molecule has 2 aromatic heterocycles. The van der Waals surface area contributed by atoms with Crippen molar-refractivity contribution in [3.63, 3.8) is 0 Å². The third-order valence-corrected chi connectivity index (χ3v) is 7.15. The lowest BCUT2D eigenvalue weighted by molar-refractivity contribution is -0.129. The van der Waals surface area contributed by atoms with Crippen LogP contribution >= 0.6 is 11.3 Å². The molecule has 4 heterocycles. The van der Waals surface area contributed by atoms with Gasteiger partial charge in [0.25, 0.3) is 0 Å². The molecule has 2 aliphatic heterocycles. The number of piperidine rings is 1. The van der Waals surface area contributed by atoms with Gasteiger partial charge in [-0.3, -0.25) is 4.79 Å². The van der Waals surface area contributed by atoms with Crippen LogP contribution in [0.25, 0.3) is 10.3 Å². The Morgan fingerprint density at radius 3 is 2.53 bits per heavy atom. The summed E-state index contributed by atoms with van der Waals surface area (Å²) in [5, 5.41) is 11.9. The maximum Gasteiger partial charge on any atom is 0.229 e. The van der Waals surface area contributed by atoms with Crippen LogP contribution in [0.3, 0.4) is 0 Å². The minimum Gasteiger partial charge on any atom is -0.385 e. The first kappa shape index (κ1) is 19.4. The predicted octanol–water partition coefficient (Wildman–Crippen LogP) is 2.74. The number of anilines is 1. The van der Waals surface area contributed by atoms with Crippen molar-refractivity contribution in [1.82, 2.24) is 19.9 Å². The van der Waals surface area contributed by atoms with Gasteiger partial charge in [0, 0.05) is 26.2 Å². The second-order valence-corrected chi connectivity index (χ2v) is 9.17. The SMILES string of the molecule is O=C(Cc1nc2c(N3CCC(O)(c4ccccc4)CC3)ncnc2s1)N1CCCC1. The van der Waals surface area contributed by atoms with Gasteiger partial charge in [0.1, 0.15) is 21.7 Å². The van der Waals surface area contributed by atoms with Crippen LogP contribution in [0, 0.1) is 0 Å². The summed E-state index contributed by atoms with van der Waals surface area (Å²) in [6.45, 7) is 3.09. The maximum absolute atomic E-state index is 12.5. The standard InChI is InChI=1S/C22H25N5O2S/c28-18(26-10-4-5-11-26)14-17-25-19-20(23-15-24-21(19)30-17)27-12-8-22(29,9-13-27)16-6-2-1-3-7-16/h1-3,6-7,15,29H,4-5,8-14H2. The van der Waals surface area contributed by atoms with Crippen molar-refractivity contribution in [1.29, 1.82) is 0 Å². The first-order valence-corrected chi connectivity index (χ1v) is 11.4. The van der Waals surface area contributed by atoms with E-state index in [4.69, 9.17) is 4.98 Å². The van der Waals surface area contributed by atoms with Gasteiger partial charge in [0.05, 0.1) is 12.0 Å². The average Bonchev–Trinajstić information content (AvgIpc) is 3.45. The van der Waals surface area contributed by atoms with Crippen LogP contribution in [-0.4, -0.2) is 57.0 Å². The summed E-state index contributed by atoms with van der Waals surface area (Å²) in [4.78, 5) is 31.0. The van der Waals surface area contributed by atoms with Crippen LogP contribution in [0.15, 0.2) is 36.7 Å². The summed E-state index contributed by atoms with van der Waals surface area (Å²) in [5.41, 5.74) is 0.921. The molecular formula is C22H25N5O2S. The van der Waals surface area contributed by atoms with Crippen molar-refractivity contribution in [2.24, 2.45) is 0 Å². The van der Waals surface area contributed by atoms with Gasteiger partial charge in [0.2, 0.25) is 5.91 Å². The zero-order chi connectivity index (χ0) is 20.6. The number of amides is 1. The van der Waals surface area contributed by atoms with Crippen molar-refractivity contribution < 1.29 is 9.90 Å². The number of nitrogens with zero attached hydrogens (tertiary/aromatic N) is 5. The highest BCUT2D eigenvalue weighted by Gasteiger charge is 2.35. The lowest BCUT2D eigenvalue weighted by atomic mass is 9.84. The molecule has 5 rings (SSSR count). The Morgan fingerprint density at radius 1 is 1.07 bits per heavy atom. The molecule has 1 aromatic carbocycles. The number of hydrogen-bond acceptors (Lipinski definition) is 7. The number of aliphatic hydroxyl groups is 1. The summed E-state index contributed by atoms with van der Waals surface area (Å²) < 4.78 is 0. The first-order chi connectivity index (χ1) is 14.6. The number of rotatable bonds is 4. The summed E-state index contributed by atoms with van der Waals surface area (Å²) in [7, 11) is 0. The molecule has 2 saturated heterocycles. The zero-order valence-electron chi connectivity index (χ0n) is 16.8.